The summed E-state index contributed by atoms with van der Waals surface area (Å²) in [6.07, 6.45) is 1.57. The molecule has 1 heterocycles. The third-order valence-corrected chi connectivity index (χ3v) is 4.43. The van der Waals surface area contributed by atoms with Gasteiger partial charge in [0.2, 0.25) is 0 Å². The summed E-state index contributed by atoms with van der Waals surface area (Å²) < 4.78 is 38.9. The fourth-order valence-corrected chi connectivity index (χ4v) is 3.02. The molecule has 0 aliphatic heterocycles. The summed E-state index contributed by atoms with van der Waals surface area (Å²) in [7, 11) is 1.76. The van der Waals surface area contributed by atoms with Gasteiger partial charge in [0.1, 0.15) is 6.07 Å². The first-order chi connectivity index (χ1) is 12.9. The van der Waals surface area contributed by atoms with Crippen LogP contribution in [0.3, 0.4) is 0 Å². The number of benzene rings is 2. The molecule has 0 fully saturated rings. The van der Waals surface area contributed by atoms with Crippen LogP contribution in [0.5, 0.6) is 0 Å². The summed E-state index contributed by atoms with van der Waals surface area (Å²) in [5, 5.41) is 17.7. The van der Waals surface area contributed by atoms with Crippen LogP contribution >= 0.6 is 11.8 Å². The predicted molar refractivity (Wildman–Crippen MR) is 98.3 cm³/mol. The molecule has 0 saturated heterocycles. The molecule has 3 aromatic rings. The van der Waals surface area contributed by atoms with E-state index in [2.05, 4.69) is 16.3 Å². The minimum absolute atomic E-state index is 0.0863. The van der Waals surface area contributed by atoms with Crippen molar-refractivity contribution in [1.29, 1.82) is 5.26 Å². The van der Waals surface area contributed by atoms with Crippen LogP contribution in [0.1, 0.15) is 11.4 Å². The molecule has 0 unspecified atom stereocenters. The Morgan fingerprint density at radius 3 is 2.33 bits per heavy atom. The molecule has 0 aliphatic carbocycles. The number of hydrogen-bond acceptors (Lipinski definition) is 4. The van der Waals surface area contributed by atoms with Crippen LogP contribution < -0.4 is 0 Å². The van der Waals surface area contributed by atoms with Crippen LogP contribution in [-0.4, -0.2) is 20.3 Å². The first-order valence-corrected chi connectivity index (χ1v) is 8.62. The Labute approximate surface area is 158 Å². The van der Waals surface area contributed by atoms with Crippen molar-refractivity contribution < 1.29 is 13.2 Å². The molecule has 0 N–H and O–H groups in total. The highest BCUT2D eigenvalue weighted by Crippen LogP contribution is 2.36. The van der Waals surface area contributed by atoms with Crippen molar-refractivity contribution in [2.75, 3.05) is 0 Å². The van der Waals surface area contributed by atoms with Crippen molar-refractivity contribution in [2.24, 2.45) is 7.05 Å². The number of thioether (sulfide) groups is 1. The molecule has 0 amide bonds. The van der Waals surface area contributed by atoms with Crippen molar-refractivity contribution in [3.05, 3.63) is 66.0 Å². The molecule has 0 bridgehead atoms. The molecule has 4 nitrogen and oxygen atoms in total. The number of halogens is 3. The van der Waals surface area contributed by atoms with E-state index in [0.29, 0.717) is 17.2 Å². The van der Waals surface area contributed by atoms with Crippen LogP contribution in [0.25, 0.3) is 23.0 Å². The predicted octanol–water partition coefficient (Wildman–Crippen LogP) is 5.16. The molecule has 0 radical (unpaired) electrons. The standard InChI is InChI=1S/C19H13F3N4S/c1-26-17(14-5-3-2-4-6-14)24-25-18(26)15(12-23)11-13-7-9-16(10-8-13)27-19(20,21)22/h2-11H,1H3/b15-11-. The number of nitrogens with zero attached hydrogens (tertiary/aromatic N) is 4. The third-order valence-electron chi connectivity index (χ3n) is 3.69. The molecule has 2 aromatic carbocycles. The van der Waals surface area contributed by atoms with Crippen LogP contribution in [-0.2, 0) is 7.05 Å². The average Bonchev–Trinajstić information content (AvgIpc) is 3.02. The maximum Gasteiger partial charge on any atom is 0.446 e. The van der Waals surface area contributed by atoms with E-state index in [9.17, 15) is 18.4 Å². The molecule has 8 heteroatoms. The highest BCUT2D eigenvalue weighted by molar-refractivity contribution is 8.00. The van der Waals surface area contributed by atoms with E-state index in [4.69, 9.17) is 0 Å². The average molecular weight is 386 g/mol. The number of rotatable bonds is 4. The van der Waals surface area contributed by atoms with Gasteiger partial charge in [0.05, 0.1) is 5.57 Å². The lowest BCUT2D eigenvalue weighted by Gasteiger charge is -2.06. The van der Waals surface area contributed by atoms with Crippen LogP contribution in [0, 0.1) is 11.3 Å². The smallest absolute Gasteiger partial charge is 0.310 e. The number of alkyl halides is 3. The van der Waals surface area contributed by atoms with Gasteiger partial charge in [-0.05, 0) is 35.5 Å². The second-order valence-electron chi connectivity index (χ2n) is 5.56. The first-order valence-electron chi connectivity index (χ1n) is 7.80. The van der Waals surface area contributed by atoms with Gasteiger partial charge in [0.25, 0.3) is 0 Å². The molecule has 0 aliphatic rings. The maximum absolute atomic E-state index is 12.4. The quantitative estimate of drug-likeness (QED) is 0.459. The number of nitriles is 1. The van der Waals surface area contributed by atoms with E-state index in [1.54, 1.807) is 17.7 Å². The summed E-state index contributed by atoms with van der Waals surface area (Å²) >= 11 is -0.178. The summed E-state index contributed by atoms with van der Waals surface area (Å²) in [6, 6.07) is 17.3. The normalized spacial score (nSPS) is 12.0. The molecule has 0 atom stereocenters. The minimum atomic E-state index is -4.33. The lowest BCUT2D eigenvalue weighted by atomic mass is 10.1. The zero-order valence-electron chi connectivity index (χ0n) is 14.1. The highest BCUT2D eigenvalue weighted by Gasteiger charge is 2.29. The summed E-state index contributed by atoms with van der Waals surface area (Å²) in [6.45, 7) is 0. The van der Waals surface area contributed by atoms with Crippen molar-refractivity contribution in [1.82, 2.24) is 14.8 Å². The summed E-state index contributed by atoms with van der Waals surface area (Å²) in [5.74, 6) is 0.994. The zero-order valence-corrected chi connectivity index (χ0v) is 14.9. The Bertz CT molecular complexity index is 1000. The number of aromatic nitrogens is 3. The van der Waals surface area contributed by atoms with Gasteiger partial charge in [-0.1, -0.05) is 42.5 Å². The molecule has 0 saturated carbocycles. The third kappa shape index (κ3) is 4.57. The SMILES string of the molecule is Cn1c(/C(C#N)=C\c2ccc(SC(F)(F)F)cc2)nnc1-c1ccccc1. The molecular formula is C19H13F3N4S. The minimum Gasteiger partial charge on any atom is -0.310 e. The van der Waals surface area contributed by atoms with Gasteiger partial charge in [0, 0.05) is 17.5 Å². The highest BCUT2D eigenvalue weighted by atomic mass is 32.2. The lowest BCUT2D eigenvalue weighted by Crippen LogP contribution is -1.99. The van der Waals surface area contributed by atoms with Gasteiger partial charge >= 0.3 is 5.51 Å². The Kier molecular flexibility index (Phi) is 5.33. The van der Waals surface area contributed by atoms with Crippen LogP contribution in [0.15, 0.2) is 59.5 Å². The molecule has 1 aromatic heterocycles. The van der Waals surface area contributed by atoms with E-state index in [1.165, 1.54) is 24.3 Å². The van der Waals surface area contributed by atoms with E-state index >= 15 is 0 Å². The molecule has 136 valence electrons. The van der Waals surface area contributed by atoms with Crippen LogP contribution in [0.2, 0.25) is 0 Å². The van der Waals surface area contributed by atoms with Gasteiger partial charge in [-0.25, -0.2) is 0 Å². The van der Waals surface area contributed by atoms with Crippen molar-refractivity contribution in [2.45, 2.75) is 10.4 Å². The van der Waals surface area contributed by atoms with E-state index in [-0.39, 0.29) is 22.2 Å². The Morgan fingerprint density at radius 1 is 1.07 bits per heavy atom. The van der Waals surface area contributed by atoms with E-state index < -0.39 is 5.51 Å². The van der Waals surface area contributed by atoms with Gasteiger partial charge in [0.15, 0.2) is 11.6 Å². The molecule has 27 heavy (non-hydrogen) atoms. The van der Waals surface area contributed by atoms with Gasteiger partial charge in [-0.3, -0.25) is 0 Å². The van der Waals surface area contributed by atoms with Gasteiger partial charge in [-0.2, -0.15) is 18.4 Å². The van der Waals surface area contributed by atoms with E-state index in [1.807, 2.05) is 30.3 Å². The van der Waals surface area contributed by atoms with Crippen molar-refractivity contribution in [3.63, 3.8) is 0 Å². The maximum atomic E-state index is 12.4. The van der Waals surface area contributed by atoms with Crippen LogP contribution in [0.4, 0.5) is 13.2 Å². The fraction of sp³-hybridized carbons (Fsp3) is 0.105. The summed E-state index contributed by atoms with van der Waals surface area (Å²) in [5.41, 5.74) is -2.60. The fourth-order valence-electron chi connectivity index (χ4n) is 2.48. The monoisotopic (exact) mass is 386 g/mol. The molecule has 3 rings (SSSR count). The molecular weight excluding hydrogens is 373 g/mol. The van der Waals surface area contributed by atoms with Gasteiger partial charge < -0.3 is 4.57 Å². The lowest BCUT2D eigenvalue weighted by molar-refractivity contribution is -0.0328. The Balaban J connectivity index is 1.90. The second-order valence-corrected chi connectivity index (χ2v) is 6.70. The topological polar surface area (TPSA) is 54.5 Å². The Morgan fingerprint density at radius 2 is 1.74 bits per heavy atom. The largest absolute Gasteiger partial charge is 0.446 e. The number of hydrogen-bond donors (Lipinski definition) is 0. The first kappa shape index (κ1) is 18.7. The summed E-state index contributed by atoms with van der Waals surface area (Å²) in [4.78, 5) is 0.0863. The van der Waals surface area contributed by atoms with E-state index in [0.717, 1.165) is 5.56 Å². The van der Waals surface area contributed by atoms with Crippen molar-refractivity contribution >= 4 is 23.4 Å². The zero-order chi connectivity index (χ0) is 19.4. The van der Waals surface area contributed by atoms with Gasteiger partial charge in [-0.15, -0.1) is 10.2 Å². The van der Waals surface area contributed by atoms with Crippen molar-refractivity contribution in [3.8, 4) is 17.5 Å². The Hall–Kier alpha value is -3.05. The second kappa shape index (κ2) is 7.68. The number of allylic oxidation sites excluding steroid dienone is 1. The molecule has 0 spiro atoms.